The van der Waals surface area contributed by atoms with Crippen molar-refractivity contribution in [2.45, 2.75) is 6.42 Å². The van der Waals surface area contributed by atoms with Gasteiger partial charge in [0.05, 0.1) is 0 Å². The molecule has 2 aromatic rings. The van der Waals surface area contributed by atoms with Crippen molar-refractivity contribution in [2.75, 3.05) is 0 Å². The zero-order chi connectivity index (χ0) is 9.80. The van der Waals surface area contributed by atoms with E-state index >= 15 is 0 Å². The maximum absolute atomic E-state index is 4.00. The topological polar surface area (TPSA) is 12.9 Å². The van der Waals surface area contributed by atoms with E-state index in [1.165, 1.54) is 11.1 Å². The van der Waals surface area contributed by atoms with Crippen LogP contribution in [0.1, 0.15) is 11.1 Å². The summed E-state index contributed by atoms with van der Waals surface area (Å²) in [6, 6.07) is 12.4. The molecule has 0 amide bonds. The average molecular weight is 248 g/mol. The molecule has 0 aliphatic carbocycles. The van der Waals surface area contributed by atoms with Gasteiger partial charge in [-0.05, 0) is 35.7 Å². The van der Waals surface area contributed by atoms with Crippen LogP contribution < -0.4 is 0 Å². The fraction of sp³-hybridized carbons (Fsp3) is 0.0833. The predicted octanol–water partition coefficient (Wildman–Crippen LogP) is 3.43. The van der Waals surface area contributed by atoms with Gasteiger partial charge in [0.2, 0.25) is 0 Å². The molecule has 0 radical (unpaired) electrons. The number of rotatable bonds is 2. The molecule has 1 nitrogen and oxygen atoms in total. The highest BCUT2D eigenvalue weighted by Gasteiger charge is 1.99. The van der Waals surface area contributed by atoms with Crippen LogP contribution in [0.5, 0.6) is 0 Å². The zero-order valence-corrected chi connectivity index (χ0v) is 9.24. The maximum Gasteiger partial charge on any atom is 0.0270 e. The smallest absolute Gasteiger partial charge is 0.0270 e. The first-order valence-electron chi connectivity index (χ1n) is 4.48. The molecule has 0 fully saturated rings. The van der Waals surface area contributed by atoms with E-state index in [1.807, 2.05) is 30.6 Å². The van der Waals surface area contributed by atoms with E-state index in [4.69, 9.17) is 0 Å². The summed E-state index contributed by atoms with van der Waals surface area (Å²) < 4.78 is 1.16. The van der Waals surface area contributed by atoms with Crippen LogP contribution in [0.3, 0.4) is 0 Å². The highest BCUT2D eigenvalue weighted by Crippen LogP contribution is 2.18. The van der Waals surface area contributed by atoms with Crippen LogP contribution in [0.15, 0.2) is 53.3 Å². The first kappa shape index (κ1) is 9.41. The monoisotopic (exact) mass is 247 g/mol. The van der Waals surface area contributed by atoms with Crippen molar-refractivity contribution >= 4 is 15.9 Å². The predicted molar refractivity (Wildman–Crippen MR) is 61.2 cm³/mol. The van der Waals surface area contributed by atoms with Gasteiger partial charge < -0.3 is 0 Å². The molecule has 0 spiro atoms. The molecule has 0 saturated heterocycles. The number of aromatic nitrogens is 1. The Morgan fingerprint density at radius 3 is 2.43 bits per heavy atom. The Morgan fingerprint density at radius 1 is 1.00 bits per heavy atom. The Labute approximate surface area is 91.9 Å². The van der Waals surface area contributed by atoms with Gasteiger partial charge in [0.1, 0.15) is 0 Å². The normalized spacial score (nSPS) is 10.1. The summed E-state index contributed by atoms with van der Waals surface area (Å²) in [5.41, 5.74) is 2.59. The zero-order valence-electron chi connectivity index (χ0n) is 7.65. The SMILES string of the molecule is Brc1ccccc1Cc1ccncc1. The molecule has 0 saturated carbocycles. The van der Waals surface area contributed by atoms with Crippen molar-refractivity contribution < 1.29 is 0 Å². The van der Waals surface area contributed by atoms with Crippen LogP contribution in [0, 0.1) is 0 Å². The molecule has 0 N–H and O–H groups in total. The number of hydrogen-bond donors (Lipinski definition) is 0. The first-order valence-corrected chi connectivity index (χ1v) is 5.28. The Bertz CT molecular complexity index is 412. The number of halogens is 1. The van der Waals surface area contributed by atoms with Crippen molar-refractivity contribution in [2.24, 2.45) is 0 Å². The van der Waals surface area contributed by atoms with Crippen molar-refractivity contribution in [3.8, 4) is 0 Å². The second-order valence-corrected chi connectivity index (χ2v) is 3.98. The van der Waals surface area contributed by atoms with Crippen molar-refractivity contribution in [1.29, 1.82) is 0 Å². The lowest BCUT2D eigenvalue weighted by atomic mass is 10.1. The third kappa shape index (κ3) is 2.20. The highest BCUT2D eigenvalue weighted by molar-refractivity contribution is 9.10. The minimum Gasteiger partial charge on any atom is -0.265 e. The lowest BCUT2D eigenvalue weighted by molar-refractivity contribution is 1.15. The van der Waals surface area contributed by atoms with Crippen LogP contribution in [-0.4, -0.2) is 4.98 Å². The largest absolute Gasteiger partial charge is 0.265 e. The highest BCUT2D eigenvalue weighted by atomic mass is 79.9. The Balaban J connectivity index is 2.24. The third-order valence-electron chi connectivity index (χ3n) is 2.10. The summed E-state index contributed by atoms with van der Waals surface area (Å²) in [5.74, 6) is 0. The van der Waals surface area contributed by atoms with E-state index < -0.39 is 0 Å². The van der Waals surface area contributed by atoms with Crippen LogP contribution >= 0.6 is 15.9 Å². The molecule has 2 rings (SSSR count). The van der Waals surface area contributed by atoms with Crippen molar-refractivity contribution in [3.05, 3.63) is 64.4 Å². The lowest BCUT2D eigenvalue weighted by Crippen LogP contribution is -1.88. The molecule has 0 unspecified atom stereocenters. The molecule has 0 aliphatic rings. The number of pyridine rings is 1. The Morgan fingerprint density at radius 2 is 1.71 bits per heavy atom. The van der Waals surface area contributed by atoms with Crippen LogP contribution in [0.4, 0.5) is 0 Å². The first-order chi connectivity index (χ1) is 6.86. The fourth-order valence-electron chi connectivity index (χ4n) is 1.36. The average Bonchev–Trinajstić information content (AvgIpc) is 2.23. The minimum absolute atomic E-state index is 0.948. The van der Waals surface area contributed by atoms with Gasteiger partial charge in [0, 0.05) is 16.9 Å². The molecule has 1 aromatic carbocycles. The quantitative estimate of drug-likeness (QED) is 0.793. The van der Waals surface area contributed by atoms with E-state index in [-0.39, 0.29) is 0 Å². The molecule has 1 heterocycles. The second kappa shape index (κ2) is 4.38. The van der Waals surface area contributed by atoms with Gasteiger partial charge in [-0.1, -0.05) is 34.1 Å². The molecule has 2 heteroatoms. The van der Waals surface area contributed by atoms with Gasteiger partial charge >= 0.3 is 0 Å². The second-order valence-electron chi connectivity index (χ2n) is 3.12. The molecule has 70 valence electrons. The summed E-state index contributed by atoms with van der Waals surface area (Å²) in [5, 5.41) is 0. The molecule has 1 aromatic heterocycles. The van der Waals surface area contributed by atoms with E-state index in [9.17, 15) is 0 Å². The van der Waals surface area contributed by atoms with Gasteiger partial charge in [-0.2, -0.15) is 0 Å². The number of benzene rings is 1. The van der Waals surface area contributed by atoms with Crippen LogP contribution in [0.25, 0.3) is 0 Å². The van der Waals surface area contributed by atoms with Gasteiger partial charge in [0.15, 0.2) is 0 Å². The van der Waals surface area contributed by atoms with Crippen LogP contribution in [0.2, 0.25) is 0 Å². The van der Waals surface area contributed by atoms with Gasteiger partial charge in [-0.3, -0.25) is 4.98 Å². The van der Waals surface area contributed by atoms with Gasteiger partial charge in [0.25, 0.3) is 0 Å². The van der Waals surface area contributed by atoms with E-state index in [1.54, 1.807) is 0 Å². The fourth-order valence-corrected chi connectivity index (χ4v) is 1.79. The lowest BCUT2D eigenvalue weighted by Gasteiger charge is -2.03. The summed E-state index contributed by atoms with van der Waals surface area (Å²) in [6.45, 7) is 0. The van der Waals surface area contributed by atoms with Gasteiger partial charge in [-0.15, -0.1) is 0 Å². The summed E-state index contributed by atoms with van der Waals surface area (Å²) in [4.78, 5) is 4.00. The molecule has 0 atom stereocenters. The summed E-state index contributed by atoms with van der Waals surface area (Å²) in [7, 11) is 0. The van der Waals surface area contributed by atoms with E-state index in [0.717, 1.165) is 10.9 Å². The summed E-state index contributed by atoms with van der Waals surface area (Å²) >= 11 is 3.54. The molecular weight excluding hydrogens is 238 g/mol. The van der Waals surface area contributed by atoms with E-state index in [0.29, 0.717) is 0 Å². The summed E-state index contributed by atoms with van der Waals surface area (Å²) in [6.07, 6.45) is 4.60. The Hall–Kier alpha value is -1.15. The maximum atomic E-state index is 4.00. The van der Waals surface area contributed by atoms with E-state index in [2.05, 4.69) is 39.1 Å². The third-order valence-corrected chi connectivity index (χ3v) is 2.88. The van der Waals surface area contributed by atoms with Crippen molar-refractivity contribution in [1.82, 2.24) is 4.98 Å². The number of nitrogens with zero attached hydrogens (tertiary/aromatic N) is 1. The van der Waals surface area contributed by atoms with Gasteiger partial charge in [-0.25, -0.2) is 0 Å². The number of hydrogen-bond acceptors (Lipinski definition) is 1. The molecule has 14 heavy (non-hydrogen) atoms. The molecule has 0 bridgehead atoms. The minimum atomic E-state index is 0.948. The molecular formula is C12H10BrN. The standard InChI is InChI=1S/C12H10BrN/c13-12-4-2-1-3-11(12)9-10-5-7-14-8-6-10/h1-8H,9H2. The van der Waals surface area contributed by atoms with Crippen LogP contribution in [-0.2, 0) is 6.42 Å². The Kier molecular flexibility index (Phi) is 2.94. The van der Waals surface area contributed by atoms with Crippen molar-refractivity contribution in [3.63, 3.8) is 0 Å². The molecule has 0 aliphatic heterocycles.